The predicted molar refractivity (Wildman–Crippen MR) is 120 cm³/mol. The predicted octanol–water partition coefficient (Wildman–Crippen LogP) is 3.66. The SMILES string of the molecule is N#CC1(c2ccc(-c3ccc4c(c3)C[C@H]3[C@H](CCc5ccon5)OC(=O)N43)cn2)[C@@H]2COC[C@@H]21. The number of anilines is 1. The average Bonchev–Trinajstić information content (AvgIpc) is 3.48. The highest BCUT2D eigenvalue weighted by atomic mass is 16.6. The third-order valence-electron chi connectivity index (χ3n) is 8.00. The fourth-order valence-corrected chi connectivity index (χ4v) is 6.13. The monoisotopic (exact) mass is 454 g/mol. The second-order valence-electron chi connectivity index (χ2n) is 9.60. The first-order chi connectivity index (χ1) is 16.7. The maximum Gasteiger partial charge on any atom is 0.415 e. The molecule has 2 saturated heterocycles. The van der Waals surface area contributed by atoms with Crippen molar-refractivity contribution in [3.63, 3.8) is 0 Å². The van der Waals surface area contributed by atoms with Crippen molar-refractivity contribution < 1.29 is 18.8 Å². The molecule has 7 rings (SSSR count). The molecule has 0 spiro atoms. The number of aromatic nitrogens is 2. The van der Waals surface area contributed by atoms with Crippen LogP contribution in [0.1, 0.15) is 23.4 Å². The fourth-order valence-electron chi connectivity index (χ4n) is 6.13. The lowest BCUT2D eigenvalue weighted by Crippen LogP contribution is -2.33. The summed E-state index contributed by atoms with van der Waals surface area (Å²) >= 11 is 0. The molecule has 3 aromatic rings. The van der Waals surface area contributed by atoms with Crippen LogP contribution in [0.25, 0.3) is 11.1 Å². The van der Waals surface area contributed by atoms with Crippen LogP contribution in [-0.2, 0) is 27.7 Å². The zero-order chi connectivity index (χ0) is 22.9. The van der Waals surface area contributed by atoms with Gasteiger partial charge in [-0.05, 0) is 48.6 Å². The van der Waals surface area contributed by atoms with Crippen LogP contribution in [0.4, 0.5) is 10.5 Å². The summed E-state index contributed by atoms with van der Waals surface area (Å²) in [7, 11) is 0. The molecule has 1 amide bonds. The van der Waals surface area contributed by atoms with Gasteiger partial charge in [0.15, 0.2) is 0 Å². The highest BCUT2D eigenvalue weighted by Gasteiger charge is 2.70. The molecular formula is C26H22N4O4. The molecule has 5 heterocycles. The number of carbonyl (C=O) groups is 1. The van der Waals surface area contributed by atoms with E-state index in [1.54, 1.807) is 11.2 Å². The van der Waals surface area contributed by atoms with Crippen molar-refractivity contribution >= 4 is 11.8 Å². The Labute approximate surface area is 196 Å². The Morgan fingerprint density at radius 2 is 2.00 bits per heavy atom. The zero-order valence-corrected chi connectivity index (χ0v) is 18.4. The van der Waals surface area contributed by atoms with E-state index in [0.29, 0.717) is 26.1 Å². The zero-order valence-electron chi connectivity index (χ0n) is 18.4. The molecular weight excluding hydrogens is 432 g/mol. The van der Waals surface area contributed by atoms with Crippen LogP contribution >= 0.6 is 0 Å². The molecule has 1 saturated carbocycles. The Morgan fingerprint density at radius 1 is 1.15 bits per heavy atom. The van der Waals surface area contributed by atoms with Crippen molar-refractivity contribution in [2.75, 3.05) is 18.1 Å². The summed E-state index contributed by atoms with van der Waals surface area (Å²) in [4.78, 5) is 19.1. The third-order valence-corrected chi connectivity index (χ3v) is 8.00. The summed E-state index contributed by atoms with van der Waals surface area (Å²) < 4.78 is 16.1. The number of nitriles is 1. The molecule has 8 heteroatoms. The summed E-state index contributed by atoms with van der Waals surface area (Å²) in [5.41, 5.74) is 5.33. The lowest BCUT2D eigenvalue weighted by atomic mass is 9.96. The van der Waals surface area contributed by atoms with E-state index in [-0.39, 0.29) is 30.1 Å². The number of nitrogens with zero attached hydrogens (tertiary/aromatic N) is 4. The van der Waals surface area contributed by atoms with Crippen LogP contribution < -0.4 is 4.90 Å². The minimum Gasteiger partial charge on any atom is -0.444 e. The van der Waals surface area contributed by atoms with Crippen LogP contribution in [0.15, 0.2) is 53.4 Å². The molecule has 170 valence electrons. The molecule has 4 aliphatic rings. The lowest BCUT2D eigenvalue weighted by Gasteiger charge is -2.16. The molecule has 0 bridgehead atoms. The minimum atomic E-state index is -0.485. The van der Waals surface area contributed by atoms with Gasteiger partial charge in [0.2, 0.25) is 0 Å². The van der Waals surface area contributed by atoms with Gasteiger partial charge >= 0.3 is 6.09 Å². The van der Waals surface area contributed by atoms with E-state index in [4.69, 9.17) is 19.0 Å². The van der Waals surface area contributed by atoms with Gasteiger partial charge in [0.25, 0.3) is 0 Å². The number of ether oxygens (including phenoxy) is 2. The molecule has 3 fully saturated rings. The summed E-state index contributed by atoms with van der Waals surface area (Å²) in [6.07, 6.45) is 5.12. The molecule has 2 aromatic heterocycles. The van der Waals surface area contributed by atoms with Gasteiger partial charge in [-0.15, -0.1) is 0 Å². The van der Waals surface area contributed by atoms with Crippen LogP contribution in [-0.4, -0.2) is 41.6 Å². The summed E-state index contributed by atoms with van der Waals surface area (Å²) in [6, 6.07) is 14.5. The van der Waals surface area contributed by atoms with Crippen molar-refractivity contribution in [1.29, 1.82) is 5.26 Å². The molecule has 1 aromatic carbocycles. The molecule has 3 aliphatic heterocycles. The number of carbonyl (C=O) groups excluding carboxylic acids is 1. The van der Waals surface area contributed by atoms with E-state index in [2.05, 4.69) is 17.3 Å². The molecule has 0 N–H and O–H groups in total. The van der Waals surface area contributed by atoms with E-state index in [0.717, 1.165) is 40.2 Å². The average molecular weight is 454 g/mol. The second-order valence-corrected chi connectivity index (χ2v) is 9.60. The quantitative estimate of drug-likeness (QED) is 0.580. The number of aryl methyl sites for hydroxylation is 1. The van der Waals surface area contributed by atoms with Crippen LogP contribution in [0.5, 0.6) is 0 Å². The molecule has 1 unspecified atom stereocenters. The maximum absolute atomic E-state index is 12.6. The fraction of sp³-hybridized carbons (Fsp3) is 0.385. The summed E-state index contributed by atoms with van der Waals surface area (Å²) in [5.74, 6) is 0.530. The smallest absolute Gasteiger partial charge is 0.415 e. The molecule has 0 radical (unpaired) electrons. The molecule has 34 heavy (non-hydrogen) atoms. The van der Waals surface area contributed by atoms with Crippen molar-refractivity contribution in [2.24, 2.45) is 11.8 Å². The Morgan fingerprint density at radius 3 is 2.74 bits per heavy atom. The Balaban J connectivity index is 1.11. The van der Waals surface area contributed by atoms with Crippen molar-refractivity contribution in [3.8, 4) is 17.2 Å². The first kappa shape index (κ1) is 19.7. The first-order valence-corrected chi connectivity index (χ1v) is 11.7. The van der Waals surface area contributed by atoms with E-state index in [1.165, 1.54) is 0 Å². The molecule has 8 nitrogen and oxygen atoms in total. The summed E-state index contributed by atoms with van der Waals surface area (Å²) in [6.45, 7) is 1.29. The highest BCUT2D eigenvalue weighted by molar-refractivity contribution is 5.94. The number of fused-ring (bicyclic) bond motifs is 4. The second kappa shape index (κ2) is 7.15. The number of pyridine rings is 1. The highest BCUT2D eigenvalue weighted by Crippen LogP contribution is 2.62. The van der Waals surface area contributed by atoms with Crippen LogP contribution in [0.2, 0.25) is 0 Å². The van der Waals surface area contributed by atoms with Crippen LogP contribution in [0.3, 0.4) is 0 Å². The van der Waals surface area contributed by atoms with Gasteiger partial charge in [0, 0.05) is 29.7 Å². The van der Waals surface area contributed by atoms with Crippen molar-refractivity contribution in [1.82, 2.24) is 10.1 Å². The lowest BCUT2D eigenvalue weighted by molar-refractivity contribution is 0.125. The number of hydrogen-bond donors (Lipinski definition) is 0. The number of rotatable bonds is 5. The topological polar surface area (TPSA) is 101 Å². The number of benzene rings is 1. The number of amides is 1. The van der Waals surface area contributed by atoms with Gasteiger partial charge in [-0.25, -0.2) is 4.79 Å². The van der Waals surface area contributed by atoms with Gasteiger partial charge < -0.3 is 14.0 Å². The summed E-state index contributed by atoms with van der Waals surface area (Å²) in [5, 5.41) is 13.8. The van der Waals surface area contributed by atoms with E-state index in [9.17, 15) is 10.1 Å². The standard InChI is InChI=1S/C26H22N4O4/c27-14-26(19-12-32-13-20(19)26)24-6-2-16(11-28-24)15-1-4-21-17(9-15)10-22-23(34-25(31)30(21)22)5-3-18-7-8-33-29-18/h1-2,4,6-9,11,19-20,22-23H,3,5,10,12-13H2/t19-,20+,22-,23-,26?/m0/s1. The normalized spacial score (nSPS) is 30.4. The number of cyclic esters (lactones) is 1. The van der Waals surface area contributed by atoms with E-state index < -0.39 is 5.41 Å². The van der Waals surface area contributed by atoms with Gasteiger partial charge in [-0.1, -0.05) is 17.3 Å². The van der Waals surface area contributed by atoms with Crippen molar-refractivity contribution in [3.05, 3.63) is 65.8 Å². The van der Waals surface area contributed by atoms with Crippen LogP contribution in [0, 0.1) is 23.2 Å². The molecule has 5 atom stereocenters. The van der Waals surface area contributed by atoms with Crippen molar-refractivity contribution in [2.45, 2.75) is 36.8 Å². The van der Waals surface area contributed by atoms with Gasteiger partial charge in [0.1, 0.15) is 17.8 Å². The minimum absolute atomic E-state index is 0.00265. The Kier molecular flexibility index (Phi) is 4.15. The molecule has 1 aliphatic carbocycles. The number of hydrogen-bond acceptors (Lipinski definition) is 7. The largest absolute Gasteiger partial charge is 0.444 e. The van der Waals surface area contributed by atoms with E-state index >= 15 is 0 Å². The maximum atomic E-state index is 12.6. The van der Waals surface area contributed by atoms with E-state index in [1.807, 2.05) is 36.5 Å². The van der Waals surface area contributed by atoms with Gasteiger partial charge in [0.05, 0.1) is 42.4 Å². The van der Waals surface area contributed by atoms with Gasteiger partial charge in [-0.3, -0.25) is 9.88 Å². The van der Waals surface area contributed by atoms with Gasteiger partial charge in [-0.2, -0.15) is 5.26 Å². The Bertz CT molecular complexity index is 1300. The first-order valence-electron chi connectivity index (χ1n) is 11.7. The third kappa shape index (κ3) is 2.71. The Hall–Kier alpha value is -3.70.